The van der Waals surface area contributed by atoms with Crippen molar-refractivity contribution in [1.82, 2.24) is 0 Å². The zero-order valence-electron chi connectivity index (χ0n) is 21.5. The SMILES string of the molecule is CCC(C)=CN(C)c1cccc(NC(=S)Nc2cc(C)ccc2OC(C)C)c1C.CCCO. The summed E-state index contributed by atoms with van der Waals surface area (Å²) >= 11 is 5.59. The normalized spacial score (nSPS) is 10.9. The van der Waals surface area contributed by atoms with E-state index in [4.69, 9.17) is 22.1 Å². The van der Waals surface area contributed by atoms with Crippen LogP contribution in [-0.2, 0) is 0 Å². The van der Waals surface area contributed by atoms with E-state index in [2.05, 4.69) is 62.5 Å². The molecule has 0 aliphatic carbocycles. The van der Waals surface area contributed by atoms with Gasteiger partial charge in [0, 0.05) is 31.2 Å². The van der Waals surface area contributed by atoms with Gasteiger partial charge in [-0.2, -0.15) is 0 Å². The number of aryl methyl sites for hydroxylation is 1. The first-order chi connectivity index (χ1) is 15.6. The van der Waals surface area contributed by atoms with Gasteiger partial charge in [0.05, 0.1) is 11.8 Å². The maximum atomic E-state index is 7.88. The number of allylic oxidation sites excluding steroid dienone is 1. The first-order valence-electron chi connectivity index (χ1n) is 11.6. The topological polar surface area (TPSA) is 56.8 Å². The van der Waals surface area contributed by atoms with Crippen molar-refractivity contribution in [2.24, 2.45) is 0 Å². The summed E-state index contributed by atoms with van der Waals surface area (Å²) in [6.07, 6.45) is 4.17. The van der Waals surface area contributed by atoms with Crippen LogP contribution in [0.2, 0.25) is 0 Å². The number of ether oxygens (including phenoxy) is 1. The molecular formula is C27H41N3O2S. The lowest BCUT2D eigenvalue weighted by Gasteiger charge is -2.22. The lowest BCUT2D eigenvalue weighted by atomic mass is 10.1. The molecule has 5 nitrogen and oxygen atoms in total. The Morgan fingerprint density at radius 3 is 2.33 bits per heavy atom. The van der Waals surface area contributed by atoms with E-state index in [0.717, 1.165) is 46.8 Å². The van der Waals surface area contributed by atoms with Crippen molar-refractivity contribution in [3.63, 3.8) is 0 Å². The summed E-state index contributed by atoms with van der Waals surface area (Å²) in [4.78, 5) is 2.16. The third kappa shape index (κ3) is 9.84. The number of benzene rings is 2. The van der Waals surface area contributed by atoms with Crippen molar-refractivity contribution < 1.29 is 9.84 Å². The number of nitrogens with zero attached hydrogens (tertiary/aromatic N) is 1. The van der Waals surface area contributed by atoms with Crippen molar-refractivity contribution in [2.45, 2.75) is 67.4 Å². The van der Waals surface area contributed by atoms with Gasteiger partial charge in [-0.05, 0) is 95.1 Å². The molecule has 33 heavy (non-hydrogen) atoms. The van der Waals surface area contributed by atoms with Gasteiger partial charge in [-0.15, -0.1) is 0 Å². The highest BCUT2D eigenvalue weighted by Crippen LogP contribution is 2.29. The monoisotopic (exact) mass is 471 g/mol. The summed E-state index contributed by atoms with van der Waals surface area (Å²) in [7, 11) is 2.07. The van der Waals surface area contributed by atoms with E-state index in [1.165, 1.54) is 5.57 Å². The summed E-state index contributed by atoms with van der Waals surface area (Å²) in [5, 5.41) is 15.0. The Labute approximate surface area is 205 Å². The minimum absolute atomic E-state index is 0.0916. The number of anilines is 3. The number of rotatable bonds is 8. The van der Waals surface area contributed by atoms with Gasteiger partial charge in [0.1, 0.15) is 5.75 Å². The first-order valence-corrected chi connectivity index (χ1v) is 12.0. The van der Waals surface area contributed by atoms with Crippen LogP contribution in [-0.4, -0.2) is 30.0 Å². The zero-order valence-corrected chi connectivity index (χ0v) is 22.3. The molecule has 2 aromatic rings. The van der Waals surface area contributed by atoms with Crippen LogP contribution in [0.25, 0.3) is 0 Å². The molecule has 0 spiro atoms. The van der Waals surface area contributed by atoms with E-state index in [0.29, 0.717) is 11.7 Å². The lowest BCUT2D eigenvalue weighted by molar-refractivity contribution is 0.244. The van der Waals surface area contributed by atoms with Crippen LogP contribution in [0.1, 0.15) is 58.6 Å². The van der Waals surface area contributed by atoms with Gasteiger partial charge in [-0.3, -0.25) is 0 Å². The van der Waals surface area contributed by atoms with Crippen LogP contribution in [0, 0.1) is 13.8 Å². The van der Waals surface area contributed by atoms with Gasteiger partial charge in [0.15, 0.2) is 5.11 Å². The van der Waals surface area contributed by atoms with Crippen LogP contribution in [0.5, 0.6) is 5.75 Å². The Morgan fingerprint density at radius 2 is 1.76 bits per heavy atom. The summed E-state index contributed by atoms with van der Waals surface area (Å²) in [6.45, 7) is 14.7. The minimum Gasteiger partial charge on any atom is -0.489 e. The van der Waals surface area contributed by atoms with Crippen LogP contribution in [0.3, 0.4) is 0 Å². The standard InChI is InChI=1S/C24H33N3OS.C3H8O/c1-8-17(4)15-27(7)22-11-9-10-20(19(22)6)25-24(29)26-21-14-18(5)12-13-23(21)28-16(2)3;1-2-3-4/h9-16H,8H2,1-7H3,(H2,25,26,29);4H,2-3H2,1H3. The molecule has 6 heteroatoms. The van der Waals surface area contributed by atoms with Crippen molar-refractivity contribution in [3.8, 4) is 5.75 Å². The van der Waals surface area contributed by atoms with E-state index in [-0.39, 0.29) is 6.10 Å². The molecular weight excluding hydrogens is 430 g/mol. The molecule has 0 bridgehead atoms. The number of nitrogens with one attached hydrogen (secondary N) is 2. The van der Waals surface area contributed by atoms with Gasteiger partial charge in [0.2, 0.25) is 0 Å². The largest absolute Gasteiger partial charge is 0.489 e. The Kier molecular flexibility index (Phi) is 12.6. The van der Waals surface area contributed by atoms with E-state index in [1.807, 2.05) is 51.1 Å². The fourth-order valence-corrected chi connectivity index (χ4v) is 3.23. The Balaban J connectivity index is 0.00000125. The number of hydrogen-bond donors (Lipinski definition) is 3. The third-order valence-electron chi connectivity index (χ3n) is 4.87. The highest BCUT2D eigenvalue weighted by Gasteiger charge is 2.11. The Bertz CT molecular complexity index is 924. The molecule has 2 rings (SSSR count). The average Bonchev–Trinajstić information content (AvgIpc) is 2.76. The molecule has 2 aromatic carbocycles. The maximum absolute atomic E-state index is 7.88. The average molecular weight is 472 g/mol. The molecule has 182 valence electrons. The van der Waals surface area contributed by atoms with E-state index in [9.17, 15) is 0 Å². The fourth-order valence-electron chi connectivity index (χ4n) is 3.01. The second-order valence-electron chi connectivity index (χ2n) is 8.36. The Morgan fingerprint density at radius 1 is 1.12 bits per heavy atom. The molecule has 0 fully saturated rings. The quantitative estimate of drug-likeness (QED) is 0.359. The zero-order chi connectivity index (χ0) is 25.0. The van der Waals surface area contributed by atoms with Gasteiger partial charge in [0.25, 0.3) is 0 Å². The fraction of sp³-hybridized carbons (Fsp3) is 0.444. The van der Waals surface area contributed by atoms with E-state index in [1.54, 1.807) is 0 Å². The predicted molar refractivity (Wildman–Crippen MR) is 148 cm³/mol. The van der Waals surface area contributed by atoms with Crippen LogP contribution >= 0.6 is 12.2 Å². The lowest BCUT2D eigenvalue weighted by Crippen LogP contribution is -2.21. The second kappa shape index (κ2) is 14.6. The van der Waals surface area contributed by atoms with Crippen molar-refractivity contribution >= 4 is 34.4 Å². The number of thiocarbonyl (C=S) groups is 1. The molecule has 0 atom stereocenters. The summed E-state index contributed by atoms with van der Waals surface area (Å²) in [6, 6.07) is 12.3. The summed E-state index contributed by atoms with van der Waals surface area (Å²) < 4.78 is 5.91. The molecule has 0 amide bonds. The van der Waals surface area contributed by atoms with E-state index >= 15 is 0 Å². The molecule has 0 saturated heterocycles. The number of aliphatic hydroxyl groups is 1. The van der Waals surface area contributed by atoms with Gasteiger partial charge in [-0.1, -0.05) is 31.6 Å². The second-order valence-corrected chi connectivity index (χ2v) is 8.77. The Hall–Kier alpha value is -2.57. The molecule has 0 aliphatic heterocycles. The van der Waals surface area contributed by atoms with Gasteiger partial charge < -0.3 is 25.4 Å². The smallest absolute Gasteiger partial charge is 0.175 e. The highest BCUT2D eigenvalue weighted by molar-refractivity contribution is 7.80. The first kappa shape index (κ1) is 28.5. The van der Waals surface area contributed by atoms with Gasteiger partial charge >= 0.3 is 0 Å². The maximum Gasteiger partial charge on any atom is 0.175 e. The third-order valence-corrected chi connectivity index (χ3v) is 5.08. The highest BCUT2D eigenvalue weighted by atomic mass is 32.1. The van der Waals surface area contributed by atoms with Crippen molar-refractivity contribution in [2.75, 3.05) is 29.2 Å². The van der Waals surface area contributed by atoms with E-state index < -0.39 is 0 Å². The number of aliphatic hydroxyl groups excluding tert-OH is 1. The molecule has 0 aromatic heterocycles. The summed E-state index contributed by atoms with van der Waals surface area (Å²) in [5.41, 5.74) is 6.60. The molecule has 0 radical (unpaired) electrons. The van der Waals surface area contributed by atoms with Crippen molar-refractivity contribution in [1.29, 1.82) is 0 Å². The predicted octanol–water partition coefficient (Wildman–Crippen LogP) is 7.04. The minimum atomic E-state index is 0.0916. The number of hydrogen-bond acceptors (Lipinski definition) is 4. The molecule has 0 aliphatic rings. The van der Waals surface area contributed by atoms with Gasteiger partial charge in [-0.25, -0.2) is 0 Å². The molecule has 0 saturated carbocycles. The summed E-state index contributed by atoms with van der Waals surface area (Å²) in [5.74, 6) is 0.792. The molecule has 0 heterocycles. The van der Waals surface area contributed by atoms with Crippen LogP contribution in [0.4, 0.5) is 17.1 Å². The molecule has 0 unspecified atom stereocenters. The van der Waals surface area contributed by atoms with Crippen molar-refractivity contribution in [3.05, 3.63) is 59.3 Å². The van der Waals surface area contributed by atoms with Crippen LogP contribution < -0.4 is 20.3 Å². The van der Waals surface area contributed by atoms with Crippen LogP contribution in [0.15, 0.2) is 48.2 Å². The molecule has 3 N–H and O–H groups in total.